The summed E-state index contributed by atoms with van der Waals surface area (Å²) >= 11 is 4.85. The van der Waals surface area contributed by atoms with E-state index in [1.54, 1.807) is 6.08 Å². The topological polar surface area (TPSA) is 51.2 Å². The predicted molar refractivity (Wildman–Crippen MR) is 115 cm³/mol. The third kappa shape index (κ3) is 5.52. The van der Waals surface area contributed by atoms with E-state index in [9.17, 15) is 4.79 Å². The van der Waals surface area contributed by atoms with Gasteiger partial charge in [-0.15, -0.1) is 11.3 Å². The van der Waals surface area contributed by atoms with Crippen molar-refractivity contribution in [1.29, 1.82) is 0 Å². The Labute approximate surface area is 171 Å². The molecule has 3 rings (SSSR count). The number of thiazole rings is 1. The minimum absolute atomic E-state index is 0.226. The van der Waals surface area contributed by atoms with Crippen LogP contribution in [-0.4, -0.2) is 17.5 Å². The number of aromatic nitrogens is 1. The van der Waals surface area contributed by atoms with Gasteiger partial charge in [0.25, 0.3) is 0 Å². The van der Waals surface area contributed by atoms with E-state index in [-0.39, 0.29) is 5.91 Å². The fourth-order valence-electron chi connectivity index (χ4n) is 2.39. The largest absolute Gasteiger partial charge is 0.493 e. The number of benzene rings is 2. The lowest BCUT2D eigenvalue weighted by molar-refractivity contribution is -0.111. The van der Waals surface area contributed by atoms with Crippen molar-refractivity contribution in [2.45, 2.75) is 13.3 Å². The summed E-state index contributed by atoms with van der Waals surface area (Å²) in [4.78, 5) is 16.7. The van der Waals surface area contributed by atoms with E-state index in [1.165, 1.54) is 17.4 Å². The van der Waals surface area contributed by atoms with Crippen LogP contribution >= 0.6 is 27.3 Å². The van der Waals surface area contributed by atoms with Crippen molar-refractivity contribution >= 4 is 44.4 Å². The number of rotatable bonds is 7. The van der Waals surface area contributed by atoms with Crippen LogP contribution in [0.5, 0.6) is 5.75 Å². The molecule has 0 spiro atoms. The number of hydrogen-bond donors (Lipinski definition) is 1. The maximum Gasteiger partial charge on any atom is 0.250 e. The van der Waals surface area contributed by atoms with Crippen LogP contribution in [0.25, 0.3) is 17.3 Å². The molecule has 0 saturated heterocycles. The fraction of sp³-hybridized carbons (Fsp3) is 0.143. The molecule has 0 fully saturated rings. The zero-order valence-corrected chi connectivity index (χ0v) is 17.2. The van der Waals surface area contributed by atoms with Crippen LogP contribution in [0, 0.1) is 0 Å². The zero-order valence-electron chi connectivity index (χ0n) is 14.8. The first-order valence-electron chi connectivity index (χ1n) is 8.58. The Morgan fingerprint density at radius 2 is 2.11 bits per heavy atom. The van der Waals surface area contributed by atoms with Gasteiger partial charge in [0.05, 0.1) is 12.3 Å². The Morgan fingerprint density at radius 1 is 1.26 bits per heavy atom. The van der Waals surface area contributed by atoms with Crippen LogP contribution < -0.4 is 10.1 Å². The summed E-state index contributed by atoms with van der Waals surface area (Å²) in [5, 5.41) is 5.30. The number of ether oxygens (including phenoxy) is 1. The molecule has 0 bridgehead atoms. The van der Waals surface area contributed by atoms with Crippen LogP contribution in [0.15, 0.2) is 64.5 Å². The standard InChI is InChI=1S/C21H19BrN2O2S/c1-2-12-26-19-9-4-3-6-15(19)10-11-20(25)24-21-23-18(14-27-21)16-7-5-8-17(22)13-16/h3-11,13-14H,2,12H2,1H3,(H,23,24,25). The van der Waals surface area contributed by atoms with Gasteiger partial charge in [0.1, 0.15) is 5.75 Å². The summed E-state index contributed by atoms with van der Waals surface area (Å²) in [6, 6.07) is 15.6. The number of carbonyl (C=O) groups is 1. The van der Waals surface area contributed by atoms with Gasteiger partial charge in [0.15, 0.2) is 5.13 Å². The smallest absolute Gasteiger partial charge is 0.250 e. The molecule has 0 atom stereocenters. The van der Waals surface area contributed by atoms with Crippen molar-refractivity contribution in [1.82, 2.24) is 4.98 Å². The first-order chi connectivity index (χ1) is 13.2. The molecule has 0 saturated carbocycles. The van der Waals surface area contributed by atoms with Gasteiger partial charge < -0.3 is 4.74 Å². The highest BCUT2D eigenvalue weighted by molar-refractivity contribution is 9.10. The van der Waals surface area contributed by atoms with Gasteiger partial charge in [-0.3, -0.25) is 10.1 Å². The molecule has 0 unspecified atom stereocenters. The molecule has 0 aliphatic rings. The number of nitrogens with zero attached hydrogens (tertiary/aromatic N) is 1. The van der Waals surface area contributed by atoms with Crippen molar-refractivity contribution in [3.8, 4) is 17.0 Å². The molecule has 0 aliphatic carbocycles. The molecular weight excluding hydrogens is 424 g/mol. The number of carbonyl (C=O) groups excluding carboxylic acids is 1. The lowest BCUT2D eigenvalue weighted by atomic mass is 10.2. The number of nitrogens with one attached hydrogen (secondary N) is 1. The van der Waals surface area contributed by atoms with Gasteiger partial charge in [-0.1, -0.05) is 53.2 Å². The van der Waals surface area contributed by atoms with Gasteiger partial charge in [-0.25, -0.2) is 4.98 Å². The van der Waals surface area contributed by atoms with Crippen molar-refractivity contribution in [2.75, 3.05) is 11.9 Å². The van der Waals surface area contributed by atoms with Crippen LogP contribution in [0.1, 0.15) is 18.9 Å². The summed E-state index contributed by atoms with van der Waals surface area (Å²) in [5.41, 5.74) is 2.70. The molecule has 1 heterocycles. The Kier molecular flexibility index (Phi) is 6.79. The van der Waals surface area contributed by atoms with E-state index in [0.29, 0.717) is 11.7 Å². The molecule has 0 aliphatic heterocycles. The Balaban J connectivity index is 1.66. The van der Waals surface area contributed by atoms with Gasteiger partial charge in [0, 0.05) is 27.1 Å². The van der Waals surface area contributed by atoms with Gasteiger partial charge in [0.2, 0.25) is 5.91 Å². The normalized spacial score (nSPS) is 10.9. The van der Waals surface area contributed by atoms with Crippen LogP contribution in [0.4, 0.5) is 5.13 Å². The maximum absolute atomic E-state index is 12.2. The molecule has 6 heteroatoms. The van der Waals surface area contributed by atoms with Crippen LogP contribution in [0.2, 0.25) is 0 Å². The summed E-state index contributed by atoms with van der Waals surface area (Å²) in [7, 11) is 0. The molecule has 27 heavy (non-hydrogen) atoms. The number of anilines is 1. The second-order valence-electron chi connectivity index (χ2n) is 5.76. The summed E-state index contributed by atoms with van der Waals surface area (Å²) in [5.74, 6) is 0.546. The van der Waals surface area contributed by atoms with E-state index < -0.39 is 0 Å². The second-order valence-corrected chi connectivity index (χ2v) is 7.53. The second kappa shape index (κ2) is 9.48. The van der Waals surface area contributed by atoms with Gasteiger partial charge in [-0.2, -0.15) is 0 Å². The van der Waals surface area contributed by atoms with Crippen LogP contribution in [-0.2, 0) is 4.79 Å². The minimum atomic E-state index is -0.226. The quantitative estimate of drug-likeness (QED) is 0.455. The lowest BCUT2D eigenvalue weighted by Crippen LogP contribution is -2.07. The minimum Gasteiger partial charge on any atom is -0.493 e. The van der Waals surface area contributed by atoms with Crippen molar-refractivity contribution in [3.63, 3.8) is 0 Å². The predicted octanol–water partition coefficient (Wildman–Crippen LogP) is 6.01. The monoisotopic (exact) mass is 442 g/mol. The van der Waals surface area contributed by atoms with E-state index in [1.807, 2.05) is 53.9 Å². The Hall–Kier alpha value is -2.44. The lowest BCUT2D eigenvalue weighted by Gasteiger charge is -2.07. The Bertz CT molecular complexity index is 953. The third-order valence-electron chi connectivity index (χ3n) is 3.65. The van der Waals surface area contributed by atoms with Gasteiger partial charge >= 0.3 is 0 Å². The van der Waals surface area contributed by atoms with Crippen molar-refractivity contribution in [3.05, 3.63) is 70.0 Å². The molecule has 1 aromatic heterocycles. The number of para-hydroxylation sites is 1. The summed E-state index contributed by atoms with van der Waals surface area (Å²) in [6.45, 7) is 2.71. The molecule has 0 radical (unpaired) electrons. The van der Waals surface area contributed by atoms with E-state index in [2.05, 4.69) is 33.2 Å². The maximum atomic E-state index is 12.2. The number of amides is 1. The molecule has 2 aromatic carbocycles. The first kappa shape index (κ1) is 19.3. The summed E-state index contributed by atoms with van der Waals surface area (Å²) in [6.07, 6.45) is 4.18. The van der Waals surface area contributed by atoms with Crippen molar-refractivity contribution in [2.24, 2.45) is 0 Å². The average Bonchev–Trinajstić information content (AvgIpc) is 3.14. The van der Waals surface area contributed by atoms with E-state index in [0.717, 1.165) is 33.5 Å². The fourth-order valence-corrected chi connectivity index (χ4v) is 3.51. The summed E-state index contributed by atoms with van der Waals surface area (Å²) < 4.78 is 6.69. The molecule has 1 amide bonds. The SMILES string of the molecule is CCCOc1ccccc1C=CC(=O)Nc1nc(-c2cccc(Br)c2)cs1. The van der Waals surface area contributed by atoms with Crippen molar-refractivity contribution < 1.29 is 9.53 Å². The zero-order chi connectivity index (χ0) is 19.1. The first-order valence-corrected chi connectivity index (χ1v) is 10.3. The number of halogens is 1. The molecular formula is C21H19BrN2O2S. The number of hydrogen-bond acceptors (Lipinski definition) is 4. The van der Waals surface area contributed by atoms with Gasteiger partial charge in [-0.05, 0) is 30.7 Å². The van der Waals surface area contributed by atoms with E-state index >= 15 is 0 Å². The molecule has 4 nitrogen and oxygen atoms in total. The van der Waals surface area contributed by atoms with E-state index in [4.69, 9.17) is 4.74 Å². The average molecular weight is 443 g/mol. The Morgan fingerprint density at radius 3 is 2.93 bits per heavy atom. The highest BCUT2D eigenvalue weighted by Crippen LogP contribution is 2.27. The highest BCUT2D eigenvalue weighted by Gasteiger charge is 2.07. The molecule has 3 aromatic rings. The highest BCUT2D eigenvalue weighted by atomic mass is 79.9. The van der Waals surface area contributed by atoms with Crippen LogP contribution in [0.3, 0.4) is 0 Å². The molecule has 138 valence electrons. The molecule has 1 N–H and O–H groups in total. The third-order valence-corrected chi connectivity index (χ3v) is 4.90.